The Morgan fingerprint density at radius 1 is 1.25 bits per heavy atom. The van der Waals surface area contributed by atoms with Gasteiger partial charge in [-0.05, 0) is 24.3 Å². The number of azo groups is 1. The molecule has 0 bridgehead atoms. The molecule has 0 radical (unpaired) electrons. The van der Waals surface area contributed by atoms with Crippen LogP contribution in [0.5, 0.6) is 5.75 Å². The summed E-state index contributed by atoms with van der Waals surface area (Å²) in [6.07, 6.45) is 0.896. The number of anilines is 1. The molecule has 12 heteroatoms. The van der Waals surface area contributed by atoms with Crippen LogP contribution in [-0.4, -0.2) is 35.6 Å². The second-order valence-electron chi connectivity index (χ2n) is 5.14. The van der Waals surface area contributed by atoms with Crippen molar-refractivity contribution >= 4 is 39.0 Å². The van der Waals surface area contributed by atoms with Crippen molar-refractivity contribution in [1.29, 1.82) is 0 Å². The molecule has 9 nitrogen and oxygen atoms in total. The summed E-state index contributed by atoms with van der Waals surface area (Å²) in [6, 6.07) is 10.3. The summed E-state index contributed by atoms with van der Waals surface area (Å²) in [5, 5.41) is 28.7. The van der Waals surface area contributed by atoms with Crippen LogP contribution >= 0.6 is 11.6 Å². The van der Waals surface area contributed by atoms with Gasteiger partial charge < -0.3 is 15.5 Å². The molecule has 0 heterocycles. The van der Waals surface area contributed by atoms with E-state index in [2.05, 4.69) is 15.5 Å². The van der Waals surface area contributed by atoms with E-state index in [-0.39, 0.29) is 29.5 Å². The Hall–Kier alpha value is -2.42. The van der Waals surface area contributed by atoms with Gasteiger partial charge in [0.25, 0.3) is 16.0 Å². The van der Waals surface area contributed by atoms with Crippen LogP contribution in [0.15, 0.2) is 69.4 Å². The number of hydrogen-bond acceptors (Lipinski definition) is 7. The van der Waals surface area contributed by atoms with Crippen LogP contribution in [0.3, 0.4) is 0 Å². The van der Waals surface area contributed by atoms with Crippen molar-refractivity contribution in [2.24, 2.45) is 10.2 Å². The number of carbonyl (C=O) groups is 1. The maximum absolute atomic E-state index is 11.7. The zero-order valence-corrected chi connectivity index (χ0v) is 16.8. The average molecular weight is 465 g/mol. The average Bonchev–Trinajstić information content (AvgIpc) is 2.58. The van der Waals surface area contributed by atoms with Crippen LogP contribution < -0.4 is 5.32 Å². The number of nitrogens with one attached hydrogen (secondary N) is 1. The fourth-order valence-electron chi connectivity index (χ4n) is 1.87. The first-order valence-corrected chi connectivity index (χ1v) is 9.11. The Bertz CT molecular complexity index is 1020. The van der Waals surface area contributed by atoms with E-state index in [1.165, 1.54) is 0 Å². The minimum absolute atomic E-state index is 0. The summed E-state index contributed by atoms with van der Waals surface area (Å²) in [7, 11) is -4.56. The van der Waals surface area contributed by atoms with E-state index in [1.54, 1.807) is 30.3 Å². The molecule has 4 N–H and O–H groups in total. The van der Waals surface area contributed by atoms with Gasteiger partial charge in [-0.15, -0.1) is 0 Å². The first kappa shape index (κ1) is 23.6. The molecule has 2 aromatic rings. The predicted molar refractivity (Wildman–Crippen MR) is 99.2 cm³/mol. The van der Waals surface area contributed by atoms with Crippen LogP contribution in [0.25, 0.3) is 0 Å². The van der Waals surface area contributed by atoms with E-state index >= 15 is 0 Å². The first-order valence-electron chi connectivity index (χ1n) is 7.30. The minimum Gasteiger partial charge on any atom is -0.510 e. The number of aliphatic hydroxyl groups excluding tert-OH is 1. The molecule has 0 fully saturated rings. The number of aromatic hydroxyl groups is 1. The van der Waals surface area contributed by atoms with E-state index in [1.807, 2.05) is 0 Å². The molecular weight excluding hydrogens is 450 g/mol. The summed E-state index contributed by atoms with van der Waals surface area (Å²) in [5.74, 6) is -1.57. The molecule has 28 heavy (non-hydrogen) atoms. The topological polar surface area (TPSA) is 149 Å². The van der Waals surface area contributed by atoms with Crippen molar-refractivity contribution in [2.75, 3.05) is 11.9 Å². The largest absolute Gasteiger partial charge is 1.00 e. The SMILES string of the molecule is O=C(/C=C(\O)CN=Nc1cc(S(=O)(=O)O)cc(Cl)c1O)Nc1ccccc1.[Cr].[H+]. The number of aliphatic hydroxyl groups is 1. The van der Waals surface area contributed by atoms with E-state index in [0.29, 0.717) is 5.69 Å². The molecule has 0 saturated heterocycles. The quantitative estimate of drug-likeness (QED) is 0.222. The molecule has 0 unspecified atom stereocenters. The number of phenols is 1. The monoisotopic (exact) mass is 464 g/mol. The van der Waals surface area contributed by atoms with E-state index in [9.17, 15) is 23.4 Å². The van der Waals surface area contributed by atoms with E-state index < -0.39 is 39.0 Å². The second-order valence-corrected chi connectivity index (χ2v) is 6.97. The van der Waals surface area contributed by atoms with Gasteiger partial charge in [-0.25, -0.2) is 0 Å². The molecule has 148 valence electrons. The molecule has 2 aromatic carbocycles. The minimum atomic E-state index is -4.56. The van der Waals surface area contributed by atoms with E-state index in [0.717, 1.165) is 18.2 Å². The number of phenolic OH excluding ortho intramolecular Hbond substituents is 1. The van der Waals surface area contributed by atoms with Crippen LogP contribution in [0, 0.1) is 0 Å². The molecule has 0 saturated carbocycles. The number of para-hydroxylation sites is 1. The summed E-state index contributed by atoms with van der Waals surface area (Å²) in [5.41, 5.74) is 0.200. The normalized spacial score (nSPS) is 11.9. The number of hydrogen-bond donors (Lipinski definition) is 4. The second kappa shape index (κ2) is 10.2. The molecule has 0 spiro atoms. The molecular formula is C16H15ClCrN3O6S+. The van der Waals surface area contributed by atoms with Gasteiger partial charge in [-0.2, -0.15) is 18.6 Å². The standard InChI is InChI=1S/C16H14ClN3O6S.Cr/c17-13-7-12(27(24,25)26)8-14(16(13)23)20-18-9-11(21)6-15(22)19-10-4-2-1-3-5-10;/h1-8,21,23H,9H2,(H,19,22)(H,24,25,26);/p+1/b11-6-,20-18?;. The number of nitrogens with zero attached hydrogens (tertiary/aromatic N) is 2. The van der Waals surface area contributed by atoms with Crippen molar-refractivity contribution in [3.63, 3.8) is 0 Å². The van der Waals surface area contributed by atoms with E-state index in [4.69, 9.17) is 16.2 Å². The third-order valence-electron chi connectivity index (χ3n) is 3.06. The summed E-state index contributed by atoms with van der Waals surface area (Å²) in [4.78, 5) is 11.2. The van der Waals surface area contributed by atoms with Crippen LogP contribution in [0.4, 0.5) is 11.4 Å². The Morgan fingerprint density at radius 2 is 1.89 bits per heavy atom. The van der Waals surface area contributed by atoms with Crippen molar-refractivity contribution in [3.8, 4) is 5.75 Å². The Morgan fingerprint density at radius 3 is 2.50 bits per heavy atom. The summed E-state index contributed by atoms with van der Waals surface area (Å²) >= 11 is 5.67. The van der Waals surface area contributed by atoms with Crippen LogP contribution in [-0.2, 0) is 32.3 Å². The van der Waals surface area contributed by atoms with Crippen molar-refractivity contribution in [1.82, 2.24) is 0 Å². The predicted octanol–water partition coefficient (Wildman–Crippen LogP) is 3.57. The van der Waals surface area contributed by atoms with Crippen molar-refractivity contribution < 1.29 is 46.8 Å². The van der Waals surface area contributed by atoms with Gasteiger partial charge in [-0.1, -0.05) is 29.8 Å². The Balaban J connectivity index is 0.00000392. The maximum atomic E-state index is 11.7. The van der Waals surface area contributed by atoms with Gasteiger partial charge in [-0.3, -0.25) is 9.35 Å². The molecule has 0 aliphatic carbocycles. The van der Waals surface area contributed by atoms with Crippen molar-refractivity contribution in [2.45, 2.75) is 4.90 Å². The third kappa shape index (κ3) is 6.96. The van der Waals surface area contributed by atoms with Crippen molar-refractivity contribution in [3.05, 3.63) is 59.3 Å². The van der Waals surface area contributed by atoms with Gasteiger partial charge in [0.1, 0.15) is 18.0 Å². The smallest absolute Gasteiger partial charge is 0.510 e. The van der Waals surface area contributed by atoms with Crippen LogP contribution in [0.2, 0.25) is 5.02 Å². The Labute approximate surface area is 177 Å². The van der Waals surface area contributed by atoms with Gasteiger partial charge in [0.05, 0.1) is 9.92 Å². The molecule has 0 aromatic heterocycles. The van der Waals surface area contributed by atoms with Gasteiger partial charge in [0, 0.05) is 29.1 Å². The zero-order valence-electron chi connectivity index (χ0n) is 15.0. The molecule has 2 rings (SSSR count). The molecule has 0 aliphatic heterocycles. The first-order chi connectivity index (χ1) is 12.7. The number of carbonyl (C=O) groups excluding carboxylic acids is 1. The number of amides is 1. The molecule has 0 atom stereocenters. The molecule has 1 amide bonds. The summed E-state index contributed by atoms with van der Waals surface area (Å²) in [6.45, 7) is -0.421. The van der Waals surface area contributed by atoms with Gasteiger partial charge in [0.15, 0.2) is 5.75 Å². The van der Waals surface area contributed by atoms with Crippen LogP contribution in [0.1, 0.15) is 1.43 Å². The maximum Gasteiger partial charge on any atom is 1.00 e. The fraction of sp³-hybridized carbons (Fsp3) is 0.0625. The molecule has 0 aliphatic rings. The zero-order chi connectivity index (χ0) is 20.0. The van der Waals surface area contributed by atoms with Gasteiger partial charge in [0.2, 0.25) is 0 Å². The Kier molecular flexibility index (Phi) is 8.62. The fourth-order valence-corrected chi connectivity index (χ4v) is 2.67. The number of benzene rings is 2. The summed E-state index contributed by atoms with van der Waals surface area (Å²) < 4.78 is 31.3. The van der Waals surface area contributed by atoms with Gasteiger partial charge >= 0.3 is 1.43 Å². The number of halogens is 1. The third-order valence-corrected chi connectivity index (χ3v) is 4.18. The number of rotatable bonds is 6.